The van der Waals surface area contributed by atoms with E-state index in [1.54, 1.807) is 0 Å². The van der Waals surface area contributed by atoms with Crippen LogP contribution in [-0.4, -0.2) is 17.4 Å². The van der Waals surface area contributed by atoms with Gasteiger partial charge in [-0.05, 0) is 6.92 Å². The standard InChI is InChI=1S/C6H12NO/c1-4-6(8)7(3)5-2/h3-5H2,1-2H3. The van der Waals surface area contributed by atoms with Gasteiger partial charge in [-0.3, -0.25) is 4.79 Å². The molecule has 0 fully saturated rings. The van der Waals surface area contributed by atoms with Gasteiger partial charge < -0.3 is 4.90 Å². The van der Waals surface area contributed by atoms with Crippen molar-refractivity contribution in [2.45, 2.75) is 20.3 Å². The number of carbonyl (C=O) groups excluding carboxylic acids is 1. The van der Waals surface area contributed by atoms with Crippen molar-refractivity contribution in [2.75, 3.05) is 6.54 Å². The first-order chi connectivity index (χ1) is 3.72. The van der Waals surface area contributed by atoms with Crippen LogP contribution in [0.15, 0.2) is 0 Å². The molecule has 0 aromatic heterocycles. The van der Waals surface area contributed by atoms with Crippen LogP contribution in [0.25, 0.3) is 0 Å². The lowest BCUT2D eigenvalue weighted by atomic mass is 10.4. The maximum Gasteiger partial charge on any atom is 0.222 e. The molecule has 0 saturated heterocycles. The molecule has 0 atom stereocenters. The van der Waals surface area contributed by atoms with E-state index in [0.29, 0.717) is 13.0 Å². The van der Waals surface area contributed by atoms with Crippen LogP contribution in [0, 0.1) is 7.05 Å². The average Bonchev–Trinajstić information content (AvgIpc) is 1.84. The molecule has 0 aliphatic carbocycles. The topological polar surface area (TPSA) is 20.3 Å². The summed E-state index contributed by atoms with van der Waals surface area (Å²) in [6, 6.07) is 0. The lowest BCUT2D eigenvalue weighted by molar-refractivity contribution is -0.128. The summed E-state index contributed by atoms with van der Waals surface area (Å²) in [5, 5.41) is 0. The summed E-state index contributed by atoms with van der Waals surface area (Å²) in [7, 11) is 3.51. The van der Waals surface area contributed by atoms with Crippen LogP contribution in [0.3, 0.4) is 0 Å². The van der Waals surface area contributed by atoms with Crippen molar-refractivity contribution in [2.24, 2.45) is 0 Å². The SMILES string of the molecule is [CH2]N(CC)C(=O)CC. The van der Waals surface area contributed by atoms with Gasteiger partial charge in [-0.1, -0.05) is 6.92 Å². The second kappa shape index (κ2) is 3.47. The zero-order valence-corrected chi connectivity index (χ0v) is 5.48. The molecular formula is C6H12NO. The van der Waals surface area contributed by atoms with E-state index in [2.05, 4.69) is 7.05 Å². The molecule has 2 heteroatoms. The Bertz CT molecular complexity index is 80.6. The van der Waals surface area contributed by atoms with E-state index in [4.69, 9.17) is 0 Å². The molecule has 0 aliphatic rings. The third-order valence-corrected chi connectivity index (χ3v) is 1.04. The highest BCUT2D eigenvalue weighted by Crippen LogP contribution is 1.88. The van der Waals surface area contributed by atoms with Gasteiger partial charge in [-0.2, -0.15) is 0 Å². The highest BCUT2D eigenvalue weighted by Gasteiger charge is 1.99. The van der Waals surface area contributed by atoms with Crippen LogP contribution in [0.5, 0.6) is 0 Å². The predicted molar refractivity (Wildman–Crippen MR) is 33.0 cm³/mol. The minimum atomic E-state index is 0.104. The van der Waals surface area contributed by atoms with E-state index < -0.39 is 0 Å². The van der Waals surface area contributed by atoms with Gasteiger partial charge >= 0.3 is 0 Å². The zero-order chi connectivity index (χ0) is 6.57. The van der Waals surface area contributed by atoms with Gasteiger partial charge in [0.05, 0.1) is 0 Å². The van der Waals surface area contributed by atoms with Crippen LogP contribution >= 0.6 is 0 Å². The maximum atomic E-state index is 10.6. The molecule has 0 aliphatic heterocycles. The highest BCUT2D eigenvalue weighted by atomic mass is 16.2. The van der Waals surface area contributed by atoms with E-state index >= 15 is 0 Å². The quantitative estimate of drug-likeness (QED) is 0.525. The largest absolute Gasteiger partial charge is 0.341 e. The molecule has 47 valence electrons. The molecule has 0 aromatic rings. The Balaban J connectivity index is 3.46. The highest BCUT2D eigenvalue weighted by molar-refractivity contribution is 5.75. The molecule has 1 amide bonds. The molecule has 0 rings (SSSR count). The second-order valence-corrected chi connectivity index (χ2v) is 1.60. The van der Waals surface area contributed by atoms with Gasteiger partial charge in [0, 0.05) is 20.0 Å². The summed E-state index contributed by atoms with van der Waals surface area (Å²) in [5.74, 6) is 0.104. The van der Waals surface area contributed by atoms with E-state index in [1.165, 1.54) is 4.90 Å². The Morgan fingerprint density at radius 3 is 2.25 bits per heavy atom. The Hall–Kier alpha value is -0.530. The number of hydrogen-bond acceptors (Lipinski definition) is 1. The fraction of sp³-hybridized carbons (Fsp3) is 0.667. The molecule has 0 unspecified atom stereocenters. The average molecular weight is 114 g/mol. The number of nitrogens with zero attached hydrogens (tertiary/aromatic N) is 1. The lowest BCUT2D eigenvalue weighted by Gasteiger charge is -2.11. The molecule has 2 nitrogen and oxygen atoms in total. The summed E-state index contributed by atoms with van der Waals surface area (Å²) in [4.78, 5) is 12.1. The maximum absolute atomic E-state index is 10.6. The Morgan fingerprint density at radius 2 is 2.12 bits per heavy atom. The van der Waals surface area contributed by atoms with Crippen LogP contribution in [0.2, 0.25) is 0 Å². The van der Waals surface area contributed by atoms with E-state index in [-0.39, 0.29) is 5.91 Å². The number of amides is 1. The minimum Gasteiger partial charge on any atom is -0.341 e. The van der Waals surface area contributed by atoms with Crippen LogP contribution in [-0.2, 0) is 4.79 Å². The summed E-state index contributed by atoms with van der Waals surface area (Å²) < 4.78 is 0. The normalized spacial score (nSPS) is 8.88. The van der Waals surface area contributed by atoms with Gasteiger partial charge in [-0.15, -0.1) is 0 Å². The summed E-state index contributed by atoms with van der Waals surface area (Å²) in [6.07, 6.45) is 0.553. The summed E-state index contributed by atoms with van der Waals surface area (Å²) >= 11 is 0. The Morgan fingerprint density at radius 1 is 1.62 bits per heavy atom. The van der Waals surface area contributed by atoms with Crippen molar-refractivity contribution in [1.82, 2.24) is 4.90 Å². The van der Waals surface area contributed by atoms with Crippen LogP contribution < -0.4 is 0 Å². The predicted octanol–water partition coefficient (Wildman–Crippen LogP) is 1.04. The fourth-order valence-electron chi connectivity index (χ4n) is 0.400. The van der Waals surface area contributed by atoms with Gasteiger partial charge in [0.15, 0.2) is 0 Å². The van der Waals surface area contributed by atoms with Crippen molar-refractivity contribution >= 4 is 5.91 Å². The van der Waals surface area contributed by atoms with Crippen molar-refractivity contribution in [1.29, 1.82) is 0 Å². The molecule has 0 bridgehead atoms. The van der Waals surface area contributed by atoms with Crippen LogP contribution in [0.4, 0.5) is 0 Å². The second-order valence-electron chi connectivity index (χ2n) is 1.60. The van der Waals surface area contributed by atoms with Gasteiger partial charge in [-0.25, -0.2) is 0 Å². The zero-order valence-electron chi connectivity index (χ0n) is 5.48. The lowest BCUT2D eigenvalue weighted by Crippen LogP contribution is -2.22. The van der Waals surface area contributed by atoms with Crippen molar-refractivity contribution < 1.29 is 4.79 Å². The van der Waals surface area contributed by atoms with E-state index in [0.717, 1.165) is 0 Å². The molecule has 1 radical (unpaired) electrons. The fourth-order valence-corrected chi connectivity index (χ4v) is 0.400. The molecule has 0 saturated carbocycles. The minimum absolute atomic E-state index is 0.104. The van der Waals surface area contributed by atoms with Gasteiger partial charge in [0.25, 0.3) is 0 Å². The van der Waals surface area contributed by atoms with E-state index in [9.17, 15) is 4.79 Å². The smallest absolute Gasteiger partial charge is 0.222 e. The third-order valence-electron chi connectivity index (χ3n) is 1.04. The van der Waals surface area contributed by atoms with Crippen molar-refractivity contribution in [3.63, 3.8) is 0 Å². The summed E-state index contributed by atoms with van der Waals surface area (Å²) in [6.45, 7) is 4.43. The van der Waals surface area contributed by atoms with Crippen molar-refractivity contribution in [3.05, 3.63) is 7.05 Å². The summed E-state index contributed by atoms with van der Waals surface area (Å²) in [5.41, 5.74) is 0. The monoisotopic (exact) mass is 114 g/mol. The molecule has 0 spiro atoms. The third kappa shape index (κ3) is 1.96. The molecule has 0 aromatic carbocycles. The number of rotatable bonds is 2. The van der Waals surface area contributed by atoms with Gasteiger partial charge in [0.1, 0.15) is 0 Å². The molecule has 0 heterocycles. The first kappa shape index (κ1) is 7.47. The Kier molecular flexibility index (Phi) is 3.24. The molecule has 8 heavy (non-hydrogen) atoms. The van der Waals surface area contributed by atoms with Gasteiger partial charge in [0.2, 0.25) is 5.91 Å². The number of carbonyl (C=O) groups is 1. The molecular weight excluding hydrogens is 102 g/mol. The Labute approximate surface area is 50.5 Å². The van der Waals surface area contributed by atoms with E-state index in [1.807, 2.05) is 13.8 Å². The van der Waals surface area contributed by atoms with Crippen molar-refractivity contribution in [3.8, 4) is 0 Å². The first-order valence-corrected chi connectivity index (χ1v) is 2.83. The first-order valence-electron chi connectivity index (χ1n) is 2.83. The number of hydrogen-bond donors (Lipinski definition) is 0. The molecule has 0 N–H and O–H groups in total. The van der Waals surface area contributed by atoms with Crippen LogP contribution in [0.1, 0.15) is 20.3 Å².